The standard InChI is InChI=1S/C21H31ClN2O3/c1-15-5-7-16(8-6-15)13-19(25)24(22)18-11-9-17(10-12-18)14-23-20(26)27-21(2,3)4/h5-8,17-18H,9-14H2,1-4H3,(H,23,26). The molecule has 27 heavy (non-hydrogen) atoms. The molecule has 1 aliphatic carbocycles. The van der Waals surface area contributed by atoms with Gasteiger partial charge in [0.2, 0.25) is 5.91 Å². The Morgan fingerprint density at radius 1 is 1.15 bits per heavy atom. The highest BCUT2D eigenvalue weighted by atomic mass is 35.5. The van der Waals surface area contributed by atoms with Gasteiger partial charge in [0.15, 0.2) is 0 Å². The van der Waals surface area contributed by atoms with E-state index in [0.717, 1.165) is 31.2 Å². The largest absolute Gasteiger partial charge is 0.444 e. The van der Waals surface area contributed by atoms with Crippen LogP contribution >= 0.6 is 11.8 Å². The number of nitrogens with zero attached hydrogens (tertiary/aromatic N) is 1. The van der Waals surface area contributed by atoms with E-state index in [2.05, 4.69) is 5.32 Å². The predicted molar refractivity (Wildman–Crippen MR) is 108 cm³/mol. The van der Waals surface area contributed by atoms with Gasteiger partial charge in [0.25, 0.3) is 0 Å². The summed E-state index contributed by atoms with van der Waals surface area (Å²) in [6.45, 7) is 8.16. The summed E-state index contributed by atoms with van der Waals surface area (Å²) in [6, 6.07) is 8.00. The Morgan fingerprint density at radius 2 is 1.74 bits per heavy atom. The summed E-state index contributed by atoms with van der Waals surface area (Å²) >= 11 is 6.33. The third-order valence-corrected chi connectivity index (χ3v) is 5.25. The molecule has 150 valence electrons. The number of alkyl carbamates (subject to hydrolysis) is 1. The molecule has 0 spiro atoms. The molecule has 0 bridgehead atoms. The molecule has 0 atom stereocenters. The number of hydrogen-bond acceptors (Lipinski definition) is 3. The van der Waals surface area contributed by atoms with Gasteiger partial charge in [-0.3, -0.25) is 9.21 Å². The lowest BCUT2D eigenvalue weighted by Gasteiger charge is -2.33. The van der Waals surface area contributed by atoms with Gasteiger partial charge in [-0.15, -0.1) is 0 Å². The molecule has 0 saturated heterocycles. The van der Waals surface area contributed by atoms with Crippen LogP contribution in [0.5, 0.6) is 0 Å². The van der Waals surface area contributed by atoms with E-state index >= 15 is 0 Å². The minimum absolute atomic E-state index is 0.0578. The Bertz CT molecular complexity index is 632. The number of halogens is 1. The van der Waals surface area contributed by atoms with Crippen molar-refractivity contribution in [3.8, 4) is 0 Å². The molecule has 1 aromatic rings. The number of nitrogens with one attached hydrogen (secondary N) is 1. The Morgan fingerprint density at radius 3 is 2.30 bits per heavy atom. The van der Waals surface area contributed by atoms with E-state index in [9.17, 15) is 9.59 Å². The summed E-state index contributed by atoms with van der Waals surface area (Å²) in [4.78, 5) is 24.2. The Balaban J connectivity index is 1.73. The number of carbonyl (C=O) groups is 2. The fourth-order valence-electron chi connectivity index (χ4n) is 3.28. The molecule has 0 unspecified atom stereocenters. The molecule has 5 nitrogen and oxygen atoms in total. The topological polar surface area (TPSA) is 58.6 Å². The number of aryl methyl sites for hydroxylation is 1. The molecule has 2 amide bonds. The number of ether oxygens (including phenoxy) is 1. The van der Waals surface area contributed by atoms with Crippen molar-refractivity contribution < 1.29 is 14.3 Å². The fourth-order valence-corrected chi connectivity index (χ4v) is 3.53. The van der Waals surface area contributed by atoms with Gasteiger partial charge < -0.3 is 10.1 Å². The van der Waals surface area contributed by atoms with Gasteiger partial charge >= 0.3 is 6.09 Å². The van der Waals surface area contributed by atoms with E-state index in [1.807, 2.05) is 52.0 Å². The van der Waals surface area contributed by atoms with Crippen LogP contribution in [-0.2, 0) is 16.0 Å². The SMILES string of the molecule is Cc1ccc(CC(=O)N(Cl)C2CCC(CNC(=O)OC(C)(C)C)CC2)cc1. The molecule has 1 aliphatic rings. The highest BCUT2D eigenvalue weighted by molar-refractivity contribution is 6.21. The number of carbonyl (C=O) groups excluding carboxylic acids is 2. The maximum atomic E-state index is 12.4. The molecule has 0 aliphatic heterocycles. The van der Waals surface area contributed by atoms with Crippen molar-refractivity contribution >= 4 is 23.8 Å². The summed E-state index contributed by atoms with van der Waals surface area (Å²) in [5, 5.41) is 2.84. The van der Waals surface area contributed by atoms with Crippen LogP contribution in [0.3, 0.4) is 0 Å². The van der Waals surface area contributed by atoms with E-state index in [1.54, 1.807) is 0 Å². The normalized spacial score (nSPS) is 20.0. The zero-order valence-electron chi connectivity index (χ0n) is 16.8. The van der Waals surface area contributed by atoms with E-state index in [-0.39, 0.29) is 18.0 Å². The molecule has 1 N–H and O–H groups in total. The molecule has 6 heteroatoms. The van der Waals surface area contributed by atoms with Crippen LogP contribution in [0.1, 0.15) is 57.6 Å². The quantitative estimate of drug-likeness (QED) is 0.742. The minimum atomic E-state index is -0.487. The van der Waals surface area contributed by atoms with Crippen LogP contribution in [0.4, 0.5) is 4.79 Å². The summed E-state index contributed by atoms with van der Waals surface area (Å²) < 4.78 is 6.65. The maximum absolute atomic E-state index is 12.4. The summed E-state index contributed by atoms with van der Waals surface area (Å²) in [5.41, 5.74) is 1.66. The highest BCUT2D eigenvalue weighted by Crippen LogP contribution is 2.29. The lowest BCUT2D eigenvalue weighted by Crippen LogP contribution is -2.40. The molecular formula is C21H31ClN2O3. The van der Waals surface area contributed by atoms with E-state index in [1.165, 1.54) is 9.98 Å². The zero-order chi connectivity index (χ0) is 20.0. The first-order valence-corrected chi connectivity index (χ1v) is 9.98. The van der Waals surface area contributed by atoms with Crippen LogP contribution in [0, 0.1) is 12.8 Å². The third kappa shape index (κ3) is 7.41. The molecule has 0 heterocycles. The third-order valence-electron chi connectivity index (χ3n) is 4.79. The van der Waals surface area contributed by atoms with E-state index < -0.39 is 5.60 Å². The van der Waals surface area contributed by atoms with Crippen molar-refractivity contribution in [2.45, 2.75) is 71.4 Å². The van der Waals surface area contributed by atoms with E-state index in [4.69, 9.17) is 16.5 Å². The second kappa shape index (κ2) is 9.45. The molecule has 0 radical (unpaired) electrons. The average Bonchev–Trinajstić information content (AvgIpc) is 2.60. The van der Waals surface area contributed by atoms with Gasteiger partial charge in [-0.25, -0.2) is 4.79 Å². The zero-order valence-corrected chi connectivity index (χ0v) is 17.5. The predicted octanol–water partition coefficient (Wildman–Crippen LogP) is 4.60. The molecule has 1 saturated carbocycles. The summed E-state index contributed by atoms with van der Waals surface area (Å²) in [6.07, 6.45) is 3.51. The lowest BCUT2D eigenvalue weighted by atomic mass is 9.86. The van der Waals surface area contributed by atoms with Crippen LogP contribution in [0.2, 0.25) is 0 Å². The van der Waals surface area contributed by atoms with Gasteiger partial charge in [-0.1, -0.05) is 29.8 Å². The Labute approximate surface area is 167 Å². The van der Waals surface area contributed by atoms with Gasteiger partial charge in [-0.2, -0.15) is 0 Å². The average molecular weight is 395 g/mol. The van der Waals surface area contributed by atoms with Crippen molar-refractivity contribution in [3.05, 3.63) is 35.4 Å². The van der Waals surface area contributed by atoms with Crippen molar-refractivity contribution in [2.24, 2.45) is 5.92 Å². The van der Waals surface area contributed by atoms with Crippen LogP contribution in [0.15, 0.2) is 24.3 Å². The van der Waals surface area contributed by atoms with Crippen LogP contribution in [0.25, 0.3) is 0 Å². The van der Waals surface area contributed by atoms with Crippen LogP contribution in [-0.4, -0.2) is 34.6 Å². The number of amides is 2. The molecule has 2 rings (SSSR count). The highest BCUT2D eigenvalue weighted by Gasteiger charge is 2.28. The number of rotatable bonds is 5. The van der Waals surface area contributed by atoms with Crippen molar-refractivity contribution in [1.82, 2.24) is 9.74 Å². The van der Waals surface area contributed by atoms with Crippen molar-refractivity contribution in [2.75, 3.05) is 6.54 Å². The minimum Gasteiger partial charge on any atom is -0.444 e. The molecule has 1 fully saturated rings. The van der Waals surface area contributed by atoms with Gasteiger partial charge in [0.05, 0.1) is 6.42 Å². The van der Waals surface area contributed by atoms with Crippen molar-refractivity contribution in [3.63, 3.8) is 0 Å². The van der Waals surface area contributed by atoms with Crippen molar-refractivity contribution in [1.29, 1.82) is 0 Å². The Hall–Kier alpha value is -1.75. The van der Waals surface area contributed by atoms with Gasteiger partial charge in [0.1, 0.15) is 5.60 Å². The van der Waals surface area contributed by atoms with Gasteiger partial charge in [-0.05, 0) is 64.9 Å². The van der Waals surface area contributed by atoms with Crippen LogP contribution < -0.4 is 5.32 Å². The first kappa shape index (κ1) is 21.5. The maximum Gasteiger partial charge on any atom is 0.407 e. The monoisotopic (exact) mass is 394 g/mol. The number of benzene rings is 1. The summed E-state index contributed by atoms with van der Waals surface area (Å²) in [7, 11) is 0. The van der Waals surface area contributed by atoms with Gasteiger partial charge in [0, 0.05) is 24.4 Å². The first-order valence-electron chi connectivity index (χ1n) is 9.64. The molecule has 1 aromatic carbocycles. The number of hydrogen-bond donors (Lipinski definition) is 1. The molecular weight excluding hydrogens is 364 g/mol. The second-order valence-corrected chi connectivity index (χ2v) is 8.79. The van der Waals surface area contributed by atoms with E-state index in [0.29, 0.717) is 18.9 Å². The first-order chi connectivity index (χ1) is 12.6. The fraction of sp³-hybridized carbons (Fsp3) is 0.619. The molecule has 0 aromatic heterocycles. The lowest BCUT2D eigenvalue weighted by molar-refractivity contribution is -0.127. The Kier molecular flexibility index (Phi) is 7.54. The smallest absolute Gasteiger partial charge is 0.407 e. The summed E-state index contributed by atoms with van der Waals surface area (Å²) in [5.74, 6) is 0.335. The second-order valence-electron chi connectivity index (χ2n) is 8.42.